The molecule has 3 atom stereocenters. The first-order valence-corrected chi connectivity index (χ1v) is 10.2. The number of nitrogens with one attached hydrogen (secondary N) is 1. The Balaban J connectivity index is 1.53. The van der Waals surface area contributed by atoms with Gasteiger partial charge >= 0.3 is 0 Å². The Bertz CT molecular complexity index is 762. The highest BCUT2D eigenvalue weighted by Gasteiger charge is 2.36. The van der Waals surface area contributed by atoms with Crippen LogP contribution in [0.3, 0.4) is 0 Å². The van der Waals surface area contributed by atoms with Gasteiger partial charge in [-0.15, -0.1) is 0 Å². The zero-order chi connectivity index (χ0) is 17.2. The smallest absolute Gasteiger partial charge is 0.203 e. The molecule has 2 aliphatic rings. The van der Waals surface area contributed by atoms with Crippen molar-refractivity contribution in [3.63, 3.8) is 0 Å². The molecule has 2 fully saturated rings. The number of benzene rings is 1. The van der Waals surface area contributed by atoms with Crippen molar-refractivity contribution in [1.82, 2.24) is 14.3 Å². The summed E-state index contributed by atoms with van der Waals surface area (Å²) in [7, 11) is 0. The van der Waals surface area contributed by atoms with E-state index in [2.05, 4.69) is 46.5 Å². The SMILES string of the molecule is Cc1nn(C[NH+]2CCC[C@@H]3CCCC[C@@H]32)c(=S)n1Cc1ccccc1. The van der Waals surface area contributed by atoms with Gasteiger partial charge in [0.2, 0.25) is 4.77 Å². The van der Waals surface area contributed by atoms with Crippen LogP contribution in [0.2, 0.25) is 0 Å². The minimum absolute atomic E-state index is 0.812. The van der Waals surface area contributed by atoms with Crippen molar-refractivity contribution in [3.05, 3.63) is 46.5 Å². The van der Waals surface area contributed by atoms with Gasteiger partial charge in [0.1, 0.15) is 5.82 Å². The molecule has 1 aromatic heterocycles. The summed E-state index contributed by atoms with van der Waals surface area (Å²) in [5.74, 6) is 1.95. The molecule has 1 aromatic carbocycles. The number of nitrogens with zero attached hydrogens (tertiary/aromatic N) is 3. The summed E-state index contributed by atoms with van der Waals surface area (Å²) in [6, 6.07) is 11.4. The maximum atomic E-state index is 5.78. The molecule has 0 bridgehead atoms. The summed E-state index contributed by atoms with van der Waals surface area (Å²) in [4.78, 5) is 1.71. The zero-order valence-electron chi connectivity index (χ0n) is 15.2. The van der Waals surface area contributed by atoms with Crippen LogP contribution in [0, 0.1) is 17.6 Å². The molecule has 0 radical (unpaired) electrons. The third-order valence-corrected chi connectivity index (χ3v) is 6.58. The molecular formula is C20H29N4S+. The number of hydrogen-bond donors (Lipinski definition) is 1. The van der Waals surface area contributed by atoms with Crippen LogP contribution in [0.1, 0.15) is 49.9 Å². The number of quaternary nitrogens is 1. The molecule has 1 unspecified atom stereocenters. The fourth-order valence-electron chi connectivity index (χ4n) is 4.86. The van der Waals surface area contributed by atoms with Gasteiger partial charge in [0.25, 0.3) is 0 Å². The number of hydrogen-bond acceptors (Lipinski definition) is 2. The molecule has 2 heterocycles. The normalized spacial score (nSPS) is 26.4. The van der Waals surface area contributed by atoms with Gasteiger partial charge in [0.15, 0.2) is 6.67 Å². The summed E-state index contributed by atoms with van der Waals surface area (Å²) in [5.41, 5.74) is 1.28. The van der Waals surface area contributed by atoms with Crippen molar-refractivity contribution in [2.75, 3.05) is 6.54 Å². The number of aryl methyl sites for hydroxylation is 1. The van der Waals surface area contributed by atoms with E-state index in [1.165, 1.54) is 50.6 Å². The highest BCUT2D eigenvalue weighted by Crippen LogP contribution is 2.28. The Kier molecular flexibility index (Phi) is 5.04. The summed E-state index contributed by atoms with van der Waals surface area (Å²) < 4.78 is 5.12. The maximum Gasteiger partial charge on any atom is 0.203 e. The average Bonchev–Trinajstić information content (AvgIpc) is 2.90. The summed E-state index contributed by atoms with van der Waals surface area (Å²) in [6.07, 6.45) is 8.43. The van der Waals surface area contributed by atoms with E-state index >= 15 is 0 Å². The summed E-state index contributed by atoms with van der Waals surface area (Å²) in [5, 5.41) is 4.79. The van der Waals surface area contributed by atoms with E-state index in [0.717, 1.165) is 35.8 Å². The molecular weight excluding hydrogens is 328 g/mol. The summed E-state index contributed by atoms with van der Waals surface area (Å²) in [6.45, 7) is 5.09. The van der Waals surface area contributed by atoms with Gasteiger partial charge in [0, 0.05) is 5.92 Å². The second-order valence-electron chi connectivity index (χ2n) is 7.76. The fraction of sp³-hybridized carbons (Fsp3) is 0.600. The molecule has 0 amide bonds. The van der Waals surface area contributed by atoms with Crippen LogP contribution >= 0.6 is 12.2 Å². The van der Waals surface area contributed by atoms with E-state index in [1.807, 2.05) is 0 Å². The first kappa shape index (κ1) is 17.0. The predicted octanol–water partition coefficient (Wildman–Crippen LogP) is 2.97. The maximum absolute atomic E-state index is 5.78. The second kappa shape index (κ2) is 7.42. The van der Waals surface area contributed by atoms with E-state index < -0.39 is 0 Å². The van der Waals surface area contributed by atoms with E-state index in [4.69, 9.17) is 17.3 Å². The van der Waals surface area contributed by atoms with Crippen LogP contribution in [0.25, 0.3) is 0 Å². The van der Waals surface area contributed by atoms with Gasteiger partial charge in [-0.1, -0.05) is 36.8 Å². The lowest BCUT2D eigenvalue weighted by atomic mass is 9.78. The highest BCUT2D eigenvalue weighted by atomic mass is 32.1. The molecule has 1 saturated heterocycles. The topological polar surface area (TPSA) is 27.2 Å². The van der Waals surface area contributed by atoms with Crippen molar-refractivity contribution in [2.24, 2.45) is 5.92 Å². The van der Waals surface area contributed by atoms with Crippen molar-refractivity contribution >= 4 is 12.2 Å². The number of piperidine rings is 1. The average molecular weight is 358 g/mol. The number of aromatic nitrogens is 3. The number of rotatable bonds is 4. The minimum atomic E-state index is 0.812. The zero-order valence-corrected chi connectivity index (χ0v) is 16.0. The Morgan fingerprint density at radius 1 is 1.12 bits per heavy atom. The standard InChI is InChI=1S/C20H28N4S/c1-16-21-24(20(25)23(16)14-17-8-3-2-4-9-17)15-22-13-7-11-18-10-5-6-12-19(18)22/h2-4,8-9,18-19H,5-7,10-15H2,1H3/p+1/t18-,19-/m0/s1. The van der Waals surface area contributed by atoms with Crippen LogP contribution in [0.5, 0.6) is 0 Å². The van der Waals surface area contributed by atoms with Crippen LogP contribution in [0.4, 0.5) is 0 Å². The molecule has 1 saturated carbocycles. The van der Waals surface area contributed by atoms with Crippen molar-refractivity contribution < 1.29 is 4.90 Å². The van der Waals surface area contributed by atoms with E-state index in [0.29, 0.717) is 0 Å². The lowest BCUT2D eigenvalue weighted by Crippen LogP contribution is -3.17. The molecule has 1 aliphatic heterocycles. The van der Waals surface area contributed by atoms with Crippen LogP contribution in [0.15, 0.2) is 30.3 Å². The molecule has 134 valence electrons. The Morgan fingerprint density at radius 2 is 1.88 bits per heavy atom. The Labute approximate surface area is 155 Å². The van der Waals surface area contributed by atoms with E-state index in [1.54, 1.807) is 4.90 Å². The largest absolute Gasteiger partial charge is 0.314 e. The fourth-order valence-corrected chi connectivity index (χ4v) is 5.16. The van der Waals surface area contributed by atoms with Gasteiger partial charge in [-0.3, -0.25) is 4.57 Å². The molecule has 5 heteroatoms. The van der Waals surface area contributed by atoms with Crippen LogP contribution < -0.4 is 4.90 Å². The highest BCUT2D eigenvalue weighted by molar-refractivity contribution is 7.71. The van der Waals surface area contributed by atoms with Crippen molar-refractivity contribution in [3.8, 4) is 0 Å². The first-order chi connectivity index (χ1) is 12.2. The molecule has 25 heavy (non-hydrogen) atoms. The Morgan fingerprint density at radius 3 is 2.72 bits per heavy atom. The van der Waals surface area contributed by atoms with Crippen molar-refractivity contribution in [1.29, 1.82) is 0 Å². The van der Waals surface area contributed by atoms with Gasteiger partial charge in [-0.05, 0) is 56.8 Å². The van der Waals surface area contributed by atoms with E-state index in [9.17, 15) is 0 Å². The molecule has 1 aliphatic carbocycles. The van der Waals surface area contributed by atoms with Gasteiger partial charge in [-0.2, -0.15) is 9.78 Å². The lowest BCUT2D eigenvalue weighted by molar-refractivity contribution is -0.958. The van der Waals surface area contributed by atoms with Gasteiger partial charge in [-0.25, -0.2) is 0 Å². The van der Waals surface area contributed by atoms with Gasteiger partial charge < -0.3 is 4.90 Å². The number of fused-ring (bicyclic) bond motifs is 1. The second-order valence-corrected chi connectivity index (χ2v) is 8.13. The molecule has 2 aromatic rings. The minimum Gasteiger partial charge on any atom is -0.314 e. The third kappa shape index (κ3) is 3.58. The monoisotopic (exact) mass is 357 g/mol. The molecule has 0 spiro atoms. The lowest BCUT2D eigenvalue weighted by Gasteiger charge is -2.40. The third-order valence-electron chi connectivity index (χ3n) is 6.15. The quantitative estimate of drug-likeness (QED) is 0.852. The van der Waals surface area contributed by atoms with E-state index in [-0.39, 0.29) is 0 Å². The van der Waals surface area contributed by atoms with Crippen molar-refractivity contribution in [2.45, 2.75) is 64.7 Å². The molecule has 1 N–H and O–H groups in total. The van der Waals surface area contributed by atoms with Gasteiger partial charge in [0.05, 0.1) is 19.1 Å². The predicted molar refractivity (Wildman–Crippen MR) is 102 cm³/mol. The van der Waals surface area contributed by atoms with Crippen LogP contribution in [-0.2, 0) is 13.2 Å². The summed E-state index contributed by atoms with van der Waals surface area (Å²) >= 11 is 5.78. The first-order valence-electron chi connectivity index (χ1n) is 9.75. The number of likely N-dealkylation sites (tertiary alicyclic amines) is 1. The molecule has 4 rings (SSSR count). The molecule has 4 nitrogen and oxygen atoms in total. The van der Waals surface area contributed by atoms with Crippen LogP contribution in [-0.4, -0.2) is 26.9 Å². The Hall–Kier alpha value is -1.46.